The largest absolute Gasteiger partial charge is 0.352 e. The van der Waals surface area contributed by atoms with Crippen LogP contribution in [0.3, 0.4) is 0 Å². The third kappa shape index (κ3) is 4.75. The SMILES string of the molecule is Cc1cccc(-n2nc(CC(C)C)c(C(=O)NCC(C)C)c2C(C)C)c1. The van der Waals surface area contributed by atoms with Crippen LogP contribution in [0.4, 0.5) is 0 Å². The predicted octanol–water partition coefficient (Wildman–Crippen LogP) is 4.89. The minimum Gasteiger partial charge on any atom is -0.352 e. The van der Waals surface area contributed by atoms with E-state index in [1.165, 1.54) is 5.56 Å². The van der Waals surface area contributed by atoms with Gasteiger partial charge in [0.15, 0.2) is 0 Å². The summed E-state index contributed by atoms with van der Waals surface area (Å²) in [4.78, 5) is 13.0. The number of amides is 1. The molecule has 0 atom stereocenters. The summed E-state index contributed by atoms with van der Waals surface area (Å²) >= 11 is 0. The number of carbonyl (C=O) groups is 1. The second-order valence-corrected chi connectivity index (χ2v) is 8.31. The third-order valence-electron chi connectivity index (χ3n) is 4.29. The van der Waals surface area contributed by atoms with Crippen molar-refractivity contribution in [2.75, 3.05) is 6.54 Å². The fourth-order valence-corrected chi connectivity index (χ4v) is 3.13. The third-order valence-corrected chi connectivity index (χ3v) is 4.29. The Morgan fingerprint density at radius 2 is 1.81 bits per heavy atom. The lowest BCUT2D eigenvalue weighted by atomic mass is 9.98. The van der Waals surface area contributed by atoms with E-state index in [1.54, 1.807) is 0 Å². The van der Waals surface area contributed by atoms with Crippen molar-refractivity contribution in [3.05, 3.63) is 46.8 Å². The van der Waals surface area contributed by atoms with E-state index in [0.717, 1.165) is 29.1 Å². The lowest BCUT2D eigenvalue weighted by Gasteiger charge is -2.14. The Bertz CT molecular complexity index is 757. The summed E-state index contributed by atoms with van der Waals surface area (Å²) in [5.41, 5.74) is 4.85. The molecular weight excluding hydrogens is 322 g/mol. The molecule has 0 saturated heterocycles. The molecule has 0 radical (unpaired) electrons. The van der Waals surface area contributed by atoms with E-state index in [0.29, 0.717) is 18.4 Å². The van der Waals surface area contributed by atoms with Crippen LogP contribution in [0.15, 0.2) is 24.3 Å². The van der Waals surface area contributed by atoms with Crippen LogP contribution in [0.1, 0.15) is 74.8 Å². The van der Waals surface area contributed by atoms with Gasteiger partial charge in [0, 0.05) is 6.54 Å². The molecular formula is C22H33N3O. The van der Waals surface area contributed by atoms with Crippen molar-refractivity contribution < 1.29 is 4.79 Å². The van der Waals surface area contributed by atoms with Gasteiger partial charge in [-0.25, -0.2) is 4.68 Å². The first kappa shape index (κ1) is 20.2. The first-order valence-corrected chi connectivity index (χ1v) is 9.67. The van der Waals surface area contributed by atoms with Crippen LogP contribution in [0, 0.1) is 18.8 Å². The van der Waals surface area contributed by atoms with E-state index < -0.39 is 0 Å². The van der Waals surface area contributed by atoms with Crippen molar-refractivity contribution in [3.63, 3.8) is 0 Å². The molecule has 1 aromatic heterocycles. The number of nitrogens with zero attached hydrogens (tertiary/aromatic N) is 2. The number of aromatic nitrogens is 2. The van der Waals surface area contributed by atoms with Crippen LogP contribution in [0.25, 0.3) is 5.69 Å². The van der Waals surface area contributed by atoms with E-state index in [9.17, 15) is 4.79 Å². The Kier molecular flexibility index (Phi) is 6.63. The van der Waals surface area contributed by atoms with Crippen LogP contribution < -0.4 is 5.32 Å². The maximum absolute atomic E-state index is 13.0. The van der Waals surface area contributed by atoms with Gasteiger partial charge < -0.3 is 5.32 Å². The molecule has 1 heterocycles. The highest BCUT2D eigenvalue weighted by molar-refractivity contribution is 5.97. The molecule has 2 rings (SSSR count). The molecule has 0 unspecified atom stereocenters. The van der Waals surface area contributed by atoms with Crippen molar-refractivity contribution in [3.8, 4) is 5.69 Å². The lowest BCUT2D eigenvalue weighted by molar-refractivity contribution is 0.0946. The zero-order valence-corrected chi connectivity index (χ0v) is 17.3. The monoisotopic (exact) mass is 355 g/mol. The second kappa shape index (κ2) is 8.52. The van der Waals surface area contributed by atoms with Crippen LogP contribution in [0.2, 0.25) is 0 Å². The Morgan fingerprint density at radius 3 is 2.35 bits per heavy atom. The molecule has 2 aromatic rings. The fourth-order valence-electron chi connectivity index (χ4n) is 3.13. The number of carbonyl (C=O) groups excluding carboxylic acids is 1. The molecule has 1 aromatic carbocycles. The minimum absolute atomic E-state index is 0.00282. The highest BCUT2D eigenvalue weighted by atomic mass is 16.1. The van der Waals surface area contributed by atoms with Gasteiger partial charge >= 0.3 is 0 Å². The Morgan fingerprint density at radius 1 is 1.12 bits per heavy atom. The van der Waals surface area contributed by atoms with Gasteiger partial charge in [0.2, 0.25) is 0 Å². The number of rotatable bonds is 7. The number of nitrogens with one attached hydrogen (secondary N) is 1. The van der Waals surface area contributed by atoms with Gasteiger partial charge in [-0.05, 0) is 48.8 Å². The quantitative estimate of drug-likeness (QED) is 0.769. The average molecular weight is 356 g/mol. The van der Waals surface area contributed by atoms with E-state index in [2.05, 4.69) is 72.0 Å². The molecule has 0 saturated carbocycles. The summed E-state index contributed by atoms with van der Waals surface area (Å²) in [5, 5.41) is 7.98. The van der Waals surface area contributed by atoms with Gasteiger partial charge in [-0.1, -0.05) is 53.7 Å². The standard InChI is InChI=1S/C22H33N3O/c1-14(2)11-19-20(22(26)23-13-15(3)4)21(16(5)6)25(24-19)18-10-8-9-17(7)12-18/h8-10,12,14-16H,11,13H2,1-7H3,(H,23,26). The normalized spacial score (nSPS) is 11.6. The van der Waals surface area contributed by atoms with Gasteiger partial charge in [0.25, 0.3) is 5.91 Å². The topological polar surface area (TPSA) is 46.9 Å². The molecule has 4 nitrogen and oxygen atoms in total. The van der Waals surface area contributed by atoms with Crippen molar-refractivity contribution in [2.24, 2.45) is 11.8 Å². The van der Waals surface area contributed by atoms with Gasteiger partial charge in [-0.3, -0.25) is 4.79 Å². The highest BCUT2D eigenvalue weighted by Gasteiger charge is 2.26. The second-order valence-electron chi connectivity index (χ2n) is 8.31. The maximum atomic E-state index is 13.0. The molecule has 1 amide bonds. The Balaban J connectivity index is 2.60. The first-order chi connectivity index (χ1) is 12.2. The lowest BCUT2D eigenvalue weighted by Crippen LogP contribution is -2.29. The summed E-state index contributed by atoms with van der Waals surface area (Å²) in [6.45, 7) is 15.5. The van der Waals surface area contributed by atoms with Crippen LogP contribution in [0.5, 0.6) is 0 Å². The summed E-state index contributed by atoms with van der Waals surface area (Å²) in [5.74, 6) is 1.05. The molecule has 142 valence electrons. The summed E-state index contributed by atoms with van der Waals surface area (Å²) in [7, 11) is 0. The summed E-state index contributed by atoms with van der Waals surface area (Å²) in [6, 6.07) is 8.29. The van der Waals surface area contributed by atoms with Gasteiger partial charge in [0.05, 0.1) is 22.6 Å². The van der Waals surface area contributed by atoms with Gasteiger partial charge in [-0.15, -0.1) is 0 Å². The van der Waals surface area contributed by atoms with Crippen LogP contribution >= 0.6 is 0 Å². The Labute approximate surface area is 158 Å². The maximum Gasteiger partial charge on any atom is 0.255 e. The average Bonchev–Trinajstić information content (AvgIpc) is 2.91. The van der Waals surface area contributed by atoms with E-state index >= 15 is 0 Å². The summed E-state index contributed by atoms with van der Waals surface area (Å²) in [6.07, 6.45) is 0.795. The molecule has 0 aliphatic rings. The minimum atomic E-state index is -0.00282. The van der Waals surface area contributed by atoms with E-state index in [4.69, 9.17) is 5.10 Å². The fraction of sp³-hybridized carbons (Fsp3) is 0.545. The number of benzene rings is 1. The molecule has 0 bridgehead atoms. The summed E-state index contributed by atoms with van der Waals surface area (Å²) < 4.78 is 1.97. The van der Waals surface area contributed by atoms with Gasteiger partial charge in [-0.2, -0.15) is 5.10 Å². The smallest absolute Gasteiger partial charge is 0.255 e. The van der Waals surface area contributed by atoms with E-state index in [-0.39, 0.29) is 11.8 Å². The van der Waals surface area contributed by atoms with Crippen molar-refractivity contribution in [2.45, 2.75) is 60.8 Å². The van der Waals surface area contributed by atoms with Crippen molar-refractivity contribution in [1.82, 2.24) is 15.1 Å². The Hall–Kier alpha value is -2.10. The van der Waals surface area contributed by atoms with Gasteiger partial charge in [0.1, 0.15) is 0 Å². The zero-order valence-electron chi connectivity index (χ0n) is 17.3. The van der Waals surface area contributed by atoms with Crippen molar-refractivity contribution in [1.29, 1.82) is 0 Å². The highest BCUT2D eigenvalue weighted by Crippen LogP contribution is 2.28. The number of aryl methyl sites for hydroxylation is 1. The van der Waals surface area contributed by atoms with Crippen LogP contribution in [-0.2, 0) is 6.42 Å². The molecule has 1 N–H and O–H groups in total. The molecule has 26 heavy (non-hydrogen) atoms. The molecule has 4 heteroatoms. The number of hydrogen-bond donors (Lipinski definition) is 1. The molecule has 0 aliphatic carbocycles. The number of hydrogen-bond acceptors (Lipinski definition) is 2. The molecule has 0 spiro atoms. The zero-order chi connectivity index (χ0) is 19.4. The van der Waals surface area contributed by atoms with E-state index in [1.807, 2.05) is 10.7 Å². The predicted molar refractivity (Wildman–Crippen MR) is 108 cm³/mol. The van der Waals surface area contributed by atoms with Crippen LogP contribution in [-0.4, -0.2) is 22.2 Å². The first-order valence-electron chi connectivity index (χ1n) is 9.67. The molecule has 0 aliphatic heterocycles. The van der Waals surface area contributed by atoms with Crippen molar-refractivity contribution >= 4 is 5.91 Å². The molecule has 0 fully saturated rings.